The lowest BCUT2D eigenvalue weighted by Gasteiger charge is -2.18. The zero-order valence-electron chi connectivity index (χ0n) is 6.06. The molecule has 1 heterocycles. The van der Waals surface area contributed by atoms with Gasteiger partial charge in [0.25, 0.3) is 0 Å². The van der Waals surface area contributed by atoms with E-state index in [1.54, 1.807) is 0 Å². The van der Waals surface area contributed by atoms with Gasteiger partial charge in [0, 0.05) is 6.42 Å². The molecule has 1 amide bonds. The van der Waals surface area contributed by atoms with Gasteiger partial charge in [-0.15, -0.1) is 0 Å². The highest BCUT2D eigenvalue weighted by Crippen LogP contribution is 2.34. The van der Waals surface area contributed by atoms with E-state index in [0.29, 0.717) is 0 Å². The van der Waals surface area contributed by atoms with Gasteiger partial charge in [0.1, 0.15) is 0 Å². The maximum atomic E-state index is 12.1. The molecule has 6 heteroatoms. The lowest BCUT2D eigenvalue weighted by atomic mass is 10.0. The zero-order chi connectivity index (χ0) is 9.35. The molecule has 0 saturated carbocycles. The zero-order valence-corrected chi connectivity index (χ0v) is 6.06. The van der Waals surface area contributed by atoms with Crippen LogP contribution in [-0.4, -0.2) is 29.8 Å². The third-order valence-corrected chi connectivity index (χ3v) is 1.85. The summed E-state index contributed by atoms with van der Waals surface area (Å²) in [6, 6.07) is -1.17. The molecule has 0 spiro atoms. The fourth-order valence-corrected chi connectivity index (χ4v) is 1.23. The van der Waals surface area contributed by atoms with Crippen LogP contribution in [0.3, 0.4) is 0 Å². The first kappa shape index (κ1) is 9.31. The smallest absolute Gasteiger partial charge is 0.394 e. The number of carbonyl (C=O) groups excluding carboxylic acids is 1. The Morgan fingerprint density at radius 1 is 1.58 bits per heavy atom. The van der Waals surface area contributed by atoms with Gasteiger partial charge in [-0.25, -0.2) is 0 Å². The van der Waals surface area contributed by atoms with Gasteiger partial charge >= 0.3 is 6.18 Å². The second-order valence-corrected chi connectivity index (χ2v) is 2.71. The molecule has 2 N–H and O–H groups in total. The molecule has 0 aromatic heterocycles. The summed E-state index contributed by atoms with van der Waals surface area (Å²) in [5.41, 5.74) is 0. The molecule has 1 fully saturated rings. The van der Waals surface area contributed by atoms with Crippen LogP contribution < -0.4 is 5.32 Å². The normalized spacial score (nSPS) is 30.5. The van der Waals surface area contributed by atoms with Crippen molar-refractivity contribution >= 4 is 5.91 Å². The van der Waals surface area contributed by atoms with Crippen LogP contribution in [0.2, 0.25) is 0 Å². The van der Waals surface area contributed by atoms with Crippen molar-refractivity contribution in [1.82, 2.24) is 5.32 Å². The van der Waals surface area contributed by atoms with E-state index in [9.17, 15) is 18.0 Å². The molecule has 0 aliphatic carbocycles. The molecule has 0 aromatic carbocycles. The van der Waals surface area contributed by atoms with E-state index in [2.05, 4.69) is 5.32 Å². The number of amides is 1. The molecule has 70 valence electrons. The van der Waals surface area contributed by atoms with Crippen LogP contribution in [0.25, 0.3) is 0 Å². The molecule has 1 aliphatic rings. The molecular formula is C6H8F3NO2. The van der Waals surface area contributed by atoms with Crippen molar-refractivity contribution in [2.75, 3.05) is 6.61 Å². The Bertz CT molecular complexity index is 192. The number of nitrogens with one attached hydrogen (secondary N) is 1. The van der Waals surface area contributed by atoms with E-state index in [-0.39, 0.29) is 0 Å². The highest BCUT2D eigenvalue weighted by molar-refractivity contribution is 5.79. The predicted octanol–water partition coefficient (Wildman–Crippen LogP) is 0.0457. The largest absolute Gasteiger partial charge is 0.394 e. The van der Waals surface area contributed by atoms with Crippen molar-refractivity contribution in [3.05, 3.63) is 0 Å². The second-order valence-electron chi connectivity index (χ2n) is 2.71. The quantitative estimate of drug-likeness (QED) is 0.603. The van der Waals surface area contributed by atoms with Crippen LogP contribution in [0.5, 0.6) is 0 Å². The van der Waals surface area contributed by atoms with Crippen LogP contribution in [0.4, 0.5) is 13.2 Å². The minimum Gasteiger partial charge on any atom is -0.394 e. The van der Waals surface area contributed by atoms with Gasteiger partial charge in [0.2, 0.25) is 5.91 Å². The molecule has 0 unspecified atom stereocenters. The SMILES string of the molecule is O=C1C[C@@H](C(F)(F)F)[C@H](CO)N1. The second kappa shape index (κ2) is 2.93. The number of halogens is 3. The summed E-state index contributed by atoms with van der Waals surface area (Å²) in [4.78, 5) is 10.5. The van der Waals surface area contributed by atoms with Crippen LogP contribution >= 0.6 is 0 Å². The summed E-state index contributed by atoms with van der Waals surface area (Å²) < 4.78 is 36.2. The summed E-state index contributed by atoms with van der Waals surface area (Å²) in [5.74, 6) is -2.40. The lowest BCUT2D eigenvalue weighted by molar-refractivity contribution is -0.179. The number of aliphatic hydroxyl groups is 1. The Balaban J connectivity index is 2.70. The van der Waals surface area contributed by atoms with Crippen molar-refractivity contribution < 1.29 is 23.1 Å². The summed E-state index contributed by atoms with van der Waals surface area (Å²) in [6.45, 7) is -0.671. The lowest BCUT2D eigenvalue weighted by Crippen LogP contribution is -2.38. The van der Waals surface area contributed by atoms with Gasteiger partial charge < -0.3 is 10.4 Å². The molecule has 1 rings (SSSR count). The standard InChI is InChI=1S/C6H8F3NO2/c7-6(8,9)3-1-5(12)10-4(3)2-11/h3-4,11H,1-2H2,(H,10,12)/t3-,4+/m1/s1. The minimum absolute atomic E-state index is 0.575. The van der Waals surface area contributed by atoms with Gasteiger partial charge in [-0.1, -0.05) is 0 Å². The third kappa shape index (κ3) is 1.69. The Hall–Kier alpha value is -0.780. The highest BCUT2D eigenvalue weighted by Gasteiger charge is 2.49. The molecule has 1 saturated heterocycles. The summed E-state index contributed by atoms with van der Waals surface area (Å²) in [5, 5.41) is 10.6. The number of hydrogen-bond acceptors (Lipinski definition) is 2. The Kier molecular flexibility index (Phi) is 2.27. The molecule has 12 heavy (non-hydrogen) atoms. The molecular weight excluding hydrogens is 175 g/mol. The van der Waals surface area contributed by atoms with E-state index in [1.165, 1.54) is 0 Å². The maximum absolute atomic E-state index is 12.1. The average molecular weight is 183 g/mol. The average Bonchev–Trinajstić information content (AvgIpc) is 2.29. The van der Waals surface area contributed by atoms with Crippen molar-refractivity contribution in [3.8, 4) is 0 Å². The molecule has 0 bridgehead atoms. The van der Waals surface area contributed by atoms with Crippen LogP contribution in [0.1, 0.15) is 6.42 Å². The summed E-state index contributed by atoms with van der Waals surface area (Å²) in [7, 11) is 0. The van der Waals surface area contributed by atoms with Gasteiger partial charge in [-0.05, 0) is 0 Å². The number of hydrogen-bond donors (Lipinski definition) is 2. The van der Waals surface area contributed by atoms with Gasteiger partial charge in [-0.3, -0.25) is 4.79 Å². The van der Waals surface area contributed by atoms with Crippen LogP contribution in [0, 0.1) is 5.92 Å². The predicted molar refractivity (Wildman–Crippen MR) is 33.2 cm³/mol. The van der Waals surface area contributed by atoms with E-state index in [4.69, 9.17) is 5.11 Å². The van der Waals surface area contributed by atoms with Gasteiger partial charge in [0.05, 0.1) is 18.6 Å². The Labute approximate surface area is 66.6 Å². The Morgan fingerprint density at radius 3 is 2.50 bits per heavy atom. The van der Waals surface area contributed by atoms with E-state index < -0.39 is 37.1 Å². The summed E-state index contributed by atoms with van der Waals surface area (Å²) >= 11 is 0. The molecule has 2 atom stereocenters. The molecule has 0 radical (unpaired) electrons. The first-order valence-electron chi connectivity index (χ1n) is 3.42. The van der Waals surface area contributed by atoms with E-state index in [0.717, 1.165) is 0 Å². The number of carbonyl (C=O) groups is 1. The maximum Gasteiger partial charge on any atom is 0.394 e. The monoisotopic (exact) mass is 183 g/mol. The van der Waals surface area contributed by atoms with E-state index >= 15 is 0 Å². The van der Waals surface area contributed by atoms with Crippen LogP contribution in [-0.2, 0) is 4.79 Å². The van der Waals surface area contributed by atoms with Gasteiger partial charge in [0.15, 0.2) is 0 Å². The fraction of sp³-hybridized carbons (Fsp3) is 0.833. The highest BCUT2D eigenvalue weighted by atomic mass is 19.4. The number of aliphatic hydroxyl groups excluding tert-OH is 1. The summed E-state index contributed by atoms with van der Waals surface area (Å²) in [6.07, 6.45) is -4.98. The first-order valence-corrected chi connectivity index (χ1v) is 3.42. The number of alkyl halides is 3. The van der Waals surface area contributed by atoms with Crippen molar-refractivity contribution in [2.45, 2.75) is 18.6 Å². The topological polar surface area (TPSA) is 49.3 Å². The fourth-order valence-electron chi connectivity index (χ4n) is 1.23. The molecule has 0 aromatic rings. The van der Waals surface area contributed by atoms with Crippen molar-refractivity contribution in [2.24, 2.45) is 5.92 Å². The van der Waals surface area contributed by atoms with Crippen molar-refractivity contribution in [3.63, 3.8) is 0 Å². The third-order valence-electron chi connectivity index (χ3n) is 1.85. The Morgan fingerprint density at radius 2 is 2.17 bits per heavy atom. The van der Waals surface area contributed by atoms with Crippen LogP contribution in [0.15, 0.2) is 0 Å². The minimum atomic E-state index is -4.41. The first-order chi connectivity index (χ1) is 5.45. The van der Waals surface area contributed by atoms with Crippen molar-refractivity contribution in [1.29, 1.82) is 0 Å². The number of rotatable bonds is 1. The molecule has 3 nitrogen and oxygen atoms in total. The molecule has 1 aliphatic heterocycles. The van der Waals surface area contributed by atoms with E-state index in [1.807, 2.05) is 0 Å². The van der Waals surface area contributed by atoms with Gasteiger partial charge in [-0.2, -0.15) is 13.2 Å².